The van der Waals surface area contributed by atoms with Crippen LogP contribution in [-0.2, 0) is 6.42 Å². The zero-order chi connectivity index (χ0) is 7.84. The highest BCUT2D eigenvalue weighted by Crippen LogP contribution is 2.36. The van der Waals surface area contributed by atoms with Crippen molar-refractivity contribution in [2.75, 3.05) is 12.3 Å². The zero-order valence-electron chi connectivity index (χ0n) is 5.93. The van der Waals surface area contributed by atoms with Crippen molar-refractivity contribution >= 4 is 17.3 Å². The Labute approximate surface area is 69.9 Å². The van der Waals surface area contributed by atoms with Crippen LogP contribution in [0.15, 0.2) is 12.1 Å². The van der Waals surface area contributed by atoms with Crippen LogP contribution in [0.2, 0.25) is 5.02 Å². The zero-order valence-corrected chi connectivity index (χ0v) is 6.69. The predicted molar refractivity (Wildman–Crippen MR) is 45.1 cm³/mol. The fourth-order valence-electron chi connectivity index (χ4n) is 1.28. The van der Waals surface area contributed by atoms with Crippen molar-refractivity contribution in [1.82, 2.24) is 0 Å². The van der Waals surface area contributed by atoms with Crippen molar-refractivity contribution in [2.45, 2.75) is 6.42 Å². The minimum absolute atomic E-state index is 0.659. The number of halogens is 1. The molecule has 58 valence electrons. The van der Waals surface area contributed by atoms with E-state index in [1.165, 1.54) is 0 Å². The molecule has 0 atom stereocenters. The van der Waals surface area contributed by atoms with Crippen molar-refractivity contribution in [3.63, 3.8) is 0 Å². The number of nitrogens with two attached hydrogens (primary N) is 1. The molecule has 0 saturated carbocycles. The molecule has 3 heteroatoms. The van der Waals surface area contributed by atoms with E-state index in [0.717, 1.165) is 23.4 Å². The van der Waals surface area contributed by atoms with E-state index in [0.29, 0.717) is 11.6 Å². The summed E-state index contributed by atoms with van der Waals surface area (Å²) >= 11 is 5.86. The highest BCUT2D eigenvalue weighted by atomic mass is 35.5. The molecule has 0 spiro atoms. The number of benzene rings is 1. The first-order valence-electron chi connectivity index (χ1n) is 3.48. The van der Waals surface area contributed by atoms with Gasteiger partial charge in [0.1, 0.15) is 5.75 Å². The monoisotopic (exact) mass is 169 g/mol. The molecule has 1 aromatic rings. The maximum absolute atomic E-state index is 5.86. The number of anilines is 1. The highest BCUT2D eigenvalue weighted by molar-refractivity contribution is 6.32. The van der Waals surface area contributed by atoms with E-state index in [1.807, 2.05) is 6.07 Å². The molecule has 2 N–H and O–H groups in total. The fraction of sp³-hybridized carbons (Fsp3) is 0.250. The summed E-state index contributed by atoms with van der Waals surface area (Å²) in [6, 6.07) is 3.58. The van der Waals surface area contributed by atoms with Gasteiger partial charge in [0.05, 0.1) is 11.6 Å². The van der Waals surface area contributed by atoms with Gasteiger partial charge >= 0.3 is 0 Å². The van der Waals surface area contributed by atoms with Crippen molar-refractivity contribution < 1.29 is 4.74 Å². The highest BCUT2D eigenvalue weighted by Gasteiger charge is 2.17. The smallest absolute Gasteiger partial charge is 0.143 e. The fourth-order valence-corrected chi connectivity index (χ4v) is 1.52. The summed E-state index contributed by atoms with van der Waals surface area (Å²) < 4.78 is 5.30. The van der Waals surface area contributed by atoms with Gasteiger partial charge in [-0.2, -0.15) is 0 Å². The summed E-state index contributed by atoms with van der Waals surface area (Å²) in [7, 11) is 0. The Kier molecular flexibility index (Phi) is 1.43. The number of hydrogen-bond acceptors (Lipinski definition) is 2. The number of ether oxygens (including phenoxy) is 1. The molecule has 0 unspecified atom stereocenters. The van der Waals surface area contributed by atoms with Gasteiger partial charge in [-0.15, -0.1) is 0 Å². The first-order valence-corrected chi connectivity index (χ1v) is 3.86. The maximum Gasteiger partial charge on any atom is 0.143 e. The molecule has 1 aromatic carbocycles. The Balaban J connectivity index is 2.64. The Bertz CT molecular complexity index is 269. The van der Waals surface area contributed by atoms with Gasteiger partial charge in [-0.25, -0.2) is 0 Å². The third kappa shape index (κ3) is 0.942. The summed E-state index contributed by atoms with van der Waals surface area (Å²) in [4.78, 5) is 0. The van der Waals surface area contributed by atoms with Crippen LogP contribution in [0.4, 0.5) is 5.69 Å². The molecule has 1 aliphatic heterocycles. The normalized spacial score (nSPS) is 14.3. The quantitative estimate of drug-likeness (QED) is 0.602. The molecule has 0 amide bonds. The van der Waals surface area contributed by atoms with E-state index < -0.39 is 0 Å². The van der Waals surface area contributed by atoms with E-state index in [4.69, 9.17) is 22.1 Å². The van der Waals surface area contributed by atoms with Gasteiger partial charge in [0, 0.05) is 17.7 Å². The first-order chi connectivity index (χ1) is 5.29. The van der Waals surface area contributed by atoms with Gasteiger partial charge in [-0.05, 0) is 12.1 Å². The molecule has 0 aromatic heterocycles. The molecule has 0 aliphatic carbocycles. The van der Waals surface area contributed by atoms with E-state index in [1.54, 1.807) is 6.07 Å². The number of nitrogen functional groups attached to an aromatic ring is 1. The number of rotatable bonds is 0. The lowest BCUT2D eigenvalue weighted by Crippen LogP contribution is -1.90. The van der Waals surface area contributed by atoms with Gasteiger partial charge in [0.25, 0.3) is 0 Å². The lowest BCUT2D eigenvalue weighted by molar-refractivity contribution is 0.357. The largest absolute Gasteiger partial charge is 0.491 e. The topological polar surface area (TPSA) is 35.2 Å². The van der Waals surface area contributed by atoms with Crippen LogP contribution in [-0.4, -0.2) is 6.61 Å². The van der Waals surface area contributed by atoms with Crippen LogP contribution in [0, 0.1) is 0 Å². The molecule has 0 fully saturated rings. The van der Waals surface area contributed by atoms with Gasteiger partial charge < -0.3 is 10.5 Å². The van der Waals surface area contributed by atoms with Crippen LogP contribution in [0.1, 0.15) is 5.56 Å². The molecule has 0 saturated heterocycles. The van der Waals surface area contributed by atoms with E-state index in [2.05, 4.69) is 0 Å². The lowest BCUT2D eigenvalue weighted by atomic mass is 10.1. The average molecular weight is 170 g/mol. The standard InChI is InChI=1S/C8H8ClNO/c9-6-1-2-7(10)5-3-4-11-8(5)6/h1-2H,3-4,10H2. The van der Waals surface area contributed by atoms with Gasteiger partial charge in [0.2, 0.25) is 0 Å². The molecular formula is C8H8ClNO. The molecule has 0 bridgehead atoms. The van der Waals surface area contributed by atoms with Gasteiger partial charge in [-0.1, -0.05) is 11.6 Å². The molecule has 1 heterocycles. The summed E-state index contributed by atoms with van der Waals surface area (Å²) in [5.74, 6) is 0.770. The van der Waals surface area contributed by atoms with Crippen molar-refractivity contribution in [3.05, 3.63) is 22.7 Å². The predicted octanol–water partition coefficient (Wildman–Crippen LogP) is 1.86. The van der Waals surface area contributed by atoms with Gasteiger partial charge in [0.15, 0.2) is 0 Å². The third-order valence-corrected chi connectivity index (χ3v) is 2.14. The molecule has 2 rings (SSSR count). The average Bonchev–Trinajstić information content (AvgIpc) is 2.45. The summed E-state index contributed by atoms with van der Waals surface area (Å²) in [5, 5.41) is 0.659. The lowest BCUT2D eigenvalue weighted by Gasteiger charge is -2.02. The molecular weight excluding hydrogens is 162 g/mol. The van der Waals surface area contributed by atoms with E-state index in [9.17, 15) is 0 Å². The Hall–Kier alpha value is -0.890. The Morgan fingerprint density at radius 1 is 1.45 bits per heavy atom. The van der Waals surface area contributed by atoms with Crippen LogP contribution in [0.25, 0.3) is 0 Å². The van der Waals surface area contributed by atoms with E-state index in [-0.39, 0.29) is 0 Å². The summed E-state index contributed by atoms with van der Waals surface area (Å²) in [6.45, 7) is 0.698. The maximum atomic E-state index is 5.86. The minimum atomic E-state index is 0.659. The summed E-state index contributed by atoms with van der Waals surface area (Å²) in [5.41, 5.74) is 7.53. The number of hydrogen-bond donors (Lipinski definition) is 1. The molecule has 11 heavy (non-hydrogen) atoms. The van der Waals surface area contributed by atoms with Crippen LogP contribution in [0.5, 0.6) is 5.75 Å². The Morgan fingerprint density at radius 3 is 3.00 bits per heavy atom. The Morgan fingerprint density at radius 2 is 2.27 bits per heavy atom. The number of fused-ring (bicyclic) bond motifs is 1. The van der Waals surface area contributed by atoms with Crippen molar-refractivity contribution in [2.24, 2.45) is 0 Å². The van der Waals surface area contributed by atoms with Crippen molar-refractivity contribution in [3.8, 4) is 5.75 Å². The summed E-state index contributed by atoms with van der Waals surface area (Å²) in [6.07, 6.45) is 0.877. The third-order valence-electron chi connectivity index (χ3n) is 1.85. The van der Waals surface area contributed by atoms with Crippen LogP contribution >= 0.6 is 11.6 Å². The second-order valence-electron chi connectivity index (χ2n) is 2.54. The molecule has 1 aliphatic rings. The van der Waals surface area contributed by atoms with Gasteiger partial charge in [-0.3, -0.25) is 0 Å². The first kappa shape index (κ1) is 6.80. The minimum Gasteiger partial charge on any atom is -0.491 e. The van der Waals surface area contributed by atoms with Crippen LogP contribution in [0.3, 0.4) is 0 Å². The SMILES string of the molecule is Nc1ccc(Cl)c2c1CCO2. The molecule has 2 nitrogen and oxygen atoms in total. The second-order valence-corrected chi connectivity index (χ2v) is 2.95. The second kappa shape index (κ2) is 2.31. The van der Waals surface area contributed by atoms with E-state index >= 15 is 0 Å². The molecule has 0 radical (unpaired) electrons. The van der Waals surface area contributed by atoms with Crippen molar-refractivity contribution in [1.29, 1.82) is 0 Å². The van der Waals surface area contributed by atoms with Crippen LogP contribution < -0.4 is 10.5 Å².